The van der Waals surface area contributed by atoms with Crippen molar-refractivity contribution in [2.75, 3.05) is 19.7 Å². The van der Waals surface area contributed by atoms with Gasteiger partial charge < -0.3 is 10.4 Å². The highest BCUT2D eigenvalue weighted by Crippen LogP contribution is 2.06. The summed E-state index contributed by atoms with van der Waals surface area (Å²) in [4.78, 5) is 0. The lowest BCUT2D eigenvalue weighted by Crippen LogP contribution is -2.19. The third-order valence-corrected chi connectivity index (χ3v) is 2.34. The van der Waals surface area contributed by atoms with Crippen LogP contribution in [0.2, 0.25) is 0 Å². The third kappa shape index (κ3) is 3.90. The second kappa shape index (κ2) is 6.57. The standard InChI is InChI=1S/C12H19NO/c1-11-5-2-3-6-12(11)7-9-13-8-4-10-14/h2-3,5-6,13-14H,4,7-10H2,1H3. The molecule has 0 aliphatic heterocycles. The minimum absolute atomic E-state index is 0.275. The highest BCUT2D eigenvalue weighted by atomic mass is 16.3. The summed E-state index contributed by atoms with van der Waals surface area (Å²) in [5, 5.41) is 11.9. The Bertz CT molecular complexity index is 260. The van der Waals surface area contributed by atoms with E-state index in [1.54, 1.807) is 0 Å². The molecule has 0 bridgehead atoms. The number of hydrogen-bond donors (Lipinski definition) is 2. The number of aryl methyl sites for hydroxylation is 1. The minimum Gasteiger partial charge on any atom is -0.396 e. The van der Waals surface area contributed by atoms with E-state index in [1.165, 1.54) is 11.1 Å². The molecule has 1 aromatic rings. The van der Waals surface area contributed by atoms with Crippen molar-refractivity contribution in [1.29, 1.82) is 0 Å². The summed E-state index contributed by atoms with van der Waals surface area (Å²) in [6.45, 7) is 4.31. The van der Waals surface area contributed by atoms with Crippen LogP contribution in [0.1, 0.15) is 17.5 Å². The molecule has 0 fully saturated rings. The van der Waals surface area contributed by atoms with Crippen LogP contribution in [0.4, 0.5) is 0 Å². The lowest BCUT2D eigenvalue weighted by molar-refractivity contribution is 0.286. The van der Waals surface area contributed by atoms with Crippen LogP contribution in [-0.4, -0.2) is 24.8 Å². The molecule has 2 N–H and O–H groups in total. The molecule has 1 aromatic carbocycles. The fraction of sp³-hybridized carbons (Fsp3) is 0.500. The Morgan fingerprint density at radius 1 is 1.21 bits per heavy atom. The van der Waals surface area contributed by atoms with Crippen molar-refractivity contribution < 1.29 is 5.11 Å². The zero-order valence-electron chi connectivity index (χ0n) is 8.79. The molecule has 0 saturated carbocycles. The van der Waals surface area contributed by atoms with Crippen molar-refractivity contribution in [3.05, 3.63) is 35.4 Å². The molecule has 0 spiro atoms. The molecule has 0 aliphatic carbocycles. The lowest BCUT2D eigenvalue weighted by Gasteiger charge is -2.06. The van der Waals surface area contributed by atoms with E-state index < -0.39 is 0 Å². The minimum atomic E-state index is 0.275. The Hall–Kier alpha value is -0.860. The van der Waals surface area contributed by atoms with E-state index in [0.717, 1.165) is 25.9 Å². The van der Waals surface area contributed by atoms with Gasteiger partial charge in [0.05, 0.1) is 0 Å². The quantitative estimate of drug-likeness (QED) is 0.671. The van der Waals surface area contributed by atoms with Crippen molar-refractivity contribution in [2.45, 2.75) is 19.8 Å². The molecule has 2 nitrogen and oxygen atoms in total. The van der Waals surface area contributed by atoms with Crippen LogP contribution < -0.4 is 5.32 Å². The summed E-state index contributed by atoms with van der Waals surface area (Å²) < 4.78 is 0. The van der Waals surface area contributed by atoms with E-state index in [1.807, 2.05) is 0 Å². The highest BCUT2D eigenvalue weighted by Gasteiger charge is 1.95. The normalized spacial score (nSPS) is 10.4. The summed E-state index contributed by atoms with van der Waals surface area (Å²) >= 11 is 0. The van der Waals surface area contributed by atoms with E-state index in [4.69, 9.17) is 5.11 Å². The maximum atomic E-state index is 8.59. The number of aliphatic hydroxyl groups excluding tert-OH is 1. The number of benzene rings is 1. The molecular weight excluding hydrogens is 174 g/mol. The molecule has 1 rings (SSSR count). The lowest BCUT2D eigenvalue weighted by atomic mass is 10.1. The van der Waals surface area contributed by atoms with Gasteiger partial charge in [-0.15, -0.1) is 0 Å². The molecule has 0 radical (unpaired) electrons. The molecule has 2 heteroatoms. The maximum absolute atomic E-state index is 8.59. The zero-order chi connectivity index (χ0) is 10.2. The van der Waals surface area contributed by atoms with Crippen LogP contribution in [0.3, 0.4) is 0 Å². The van der Waals surface area contributed by atoms with E-state index in [2.05, 4.69) is 36.5 Å². The van der Waals surface area contributed by atoms with Crippen LogP contribution in [0.5, 0.6) is 0 Å². The van der Waals surface area contributed by atoms with E-state index in [-0.39, 0.29) is 6.61 Å². The Morgan fingerprint density at radius 2 is 2.00 bits per heavy atom. The molecule has 78 valence electrons. The largest absolute Gasteiger partial charge is 0.396 e. The van der Waals surface area contributed by atoms with Gasteiger partial charge in [-0.2, -0.15) is 0 Å². The van der Waals surface area contributed by atoms with Gasteiger partial charge in [-0.25, -0.2) is 0 Å². The average Bonchev–Trinajstić information content (AvgIpc) is 2.20. The van der Waals surface area contributed by atoms with Gasteiger partial charge in [0.25, 0.3) is 0 Å². The monoisotopic (exact) mass is 193 g/mol. The summed E-state index contributed by atoms with van der Waals surface area (Å²) in [5.74, 6) is 0. The second-order valence-corrected chi connectivity index (χ2v) is 3.50. The van der Waals surface area contributed by atoms with Crippen molar-refractivity contribution in [3.8, 4) is 0 Å². The van der Waals surface area contributed by atoms with Crippen LogP contribution >= 0.6 is 0 Å². The van der Waals surface area contributed by atoms with Crippen molar-refractivity contribution in [2.24, 2.45) is 0 Å². The van der Waals surface area contributed by atoms with E-state index >= 15 is 0 Å². The maximum Gasteiger partial charge on any atom is 0.0443 e. The first-order valence-electron chi connectivity index (χ1n) is 5.20. The Labute approximate surface area is 86.0 Å². The second-order valence-electron chi connectivity index (χ2n) is 3.50. The molecule has 0 aliphatic rings. The fourth-order valence-electron chi connectivity index (χ4n) is 1.44. The Balaban J connectivity index is 2.21. The predicted octanol–water partition coefficient (Wildman–Crippen LogP) is 1.51. The molecule has 0 unspecified atom stereocenters. The number of hydrogen-bond acceptors (Lipinski definition) is 2. The van der Waals surface area contributed by atoms with Gasteiger partial charge >= 0.3 is 0 Å². The fourth-order valence-corrected chi connectivity index (χ4v) is 1.44. The van der Waals surface area contributed by atoms with Gasteiger partial charge in [-0.3, -0.25) is 0 Å². The first-order valence-corrected chi connectivity index (χ1v) is 5.20. The van der Waals surface area contributed by atoms with Crippen LogP contribution in [0, 0.1) is 6.92 Å². The molecule has 14 heavy (non-hydrogen) atoms. The van der Waals surface area contributed by atoms with Crippen LogP contribution in [-0.2, 0) is 6.42 Å². The number of aliphatic hydroxyl groups is 1. The Kier molecular flexibility index (Phi) is 5.27. The van der Waals surface area contributed by atoms with Gasteiger partial charge in [0.2, 0.25) is 0 Å². The predicted molar refractivity (Wildman–Crippen MR) is 59.5 cm³/mol. The van der Waals surface area contributed by atoms with Crippen molar-refractivity contribution in [1.82, 2.24) is 5.32 Å². The zero-order valence-corrected chi connectivity index (χ0v) is 8.79. The van der Waals surface area contributed by atoms with E-state index in [9.17, 15) is 0 Å². The van der Waals surface area contributed by atoms with Gasteiger partial charge in [0, 0.05) is 6.61 Å². The summed E-state index contributed by atoms with van der Waals surface area (Å²) in [5.41, 5.74) is 2.76. The topological polar surface area (TPSA) is 32.3 Å². The Morgan fingerprint density at radius 3 is 2.71 bits per heavy atom. The van der Waals surface area contributed by atoms with Gasteiger partial charge in [-0.05, 0) is 44.0 Å². The summed E-state index contributed by atoms with van der Waals surface area (Å²) in [6, 6.07) is 8.46. The van der Waals surface area contributed by atoms with Crippen LogP contribution in [0.15, 0.2) is 24.3 Å². The molecule has 0 heterocycles. The SMILES string of the molecule is Cc1ccccc1CCNCCCO. The van der Waals surface area contributed by atoms with E-state index in [0.29, 0.717) is 0 Å². The summed E-state index contributed by atoms with van der Waals surface area (Å²) in [6.07, 6.45) is 1.91. The number of rotatable bonds is 6. The van der Waals surface area contributed by atoms with Gasteiger partial charge in [-0.1, -0.05) is 24.3 Å². The molecule has 0 saturated heterocycles. The molecular formula is C12H19NO. The van der Waals surface area contributed by atoms with Crippen molar-refractivity contribution >= 4 is 0 Å². The highest BCUT2D eigenvalue weighted by molar-refractivity contribution is 5.25. The van der Waals surface area contributed by atoms with Gasteiger partial charge in [0.1, 0.15) is 0 Å². The average molecular weight is 193 g/mol. The number of nitrogens with one attached hydrogen (secondary N) is 1. The molecule has 0 aromatic heterocycles. The molecule has 0 atom stereocenters. The third-order valence-electron chi connectivity index (χ3n) is 2.34. The van der Waals surface area contributed by atoms with Crippen LogP contribution in [0.25, 0.3) is 0 Å². The van der Waals surface area contributed by atoms with Gasteiger partial charge in [0.15, 0.2) is 0 Å². The smallest absolute Gasteiger partial charge is 0.0443 e. The van der Waals surface area contributed by atoms with Crippen molar-refractivity contribution in [3.63, 3.8) is 0 Å². The first kappa shape index (κ1) is 11.2. The first-order chi connectivity index (χ1) is 6.84. The molecule has 0 amide bonds. The summed E-state index contributed by atoms with van der Waals surface area (Å²) in [7, 11) is 0.